The van der Waals surface area contributed by atoms with E-state index in [1.54, 1.807) is 12.1 Å². The Labute approximate surface area is 156 Å². The van der Waals surface area contributed by atoms with Crippen LogP contribution >= 0.6 is 0 Å². The van der Waals surface area contributed by atoms with Gasteiger partial charge in [-0.25, -0.2) is 8.42 Å². The molecule has 3 N–H and O–H groups in total. The second-order valence-corrected chi connectivity index (χ2v) is 7.76. The van der Waals surface area contributed by atoms with Gasteiger partial charge in [0, 0.05) is 12.1 Å². The fourth-order valence-electron chi connectivity index (χ4n) is 2.61. The number of para-hydroxylation sites is 1. The largest absolute Gasteiger partial charge is 0.483 e. The summed E-state index contributed by atoms with van der Waals surface area (Å²) in [6.07, 6.45) is 0.762. The first kappa shape index (κ1) is 18.9. The van der Waals surface area contributed by atoms with Crippen molar-refractivity contribution in [2.24, 2.45) is 0 Å². The predicted molar refractivity (Wildman–Crippen MR) is 98.5 cm³/mol. The second kappa shape index (κ2) is 7.77. The Morgan fingerprint density at radius 2 is 1.96 bits per heavy atom. The number of sulfonamides is 1. The van der Waals surface area contributed by atoms with Gasteiger partial charge in [0.15, 0.2) is 6.61 Å². The zero-order chi connectivity index (χ0) is 19.4. The van der Waals surface area contributed by atoms with Crippen LogP contribution in [0.15, 0.2) is 47.4 Å². The minimum Gasteiger partial charge on any atom is -0.483 e. The Balaban J connectivity index is 1.59. The molecule has 0 saturated carbocycles. The van der Waals surface area contributed by atoms with Gasteiger partial charge in [-0.2, -0.15) is 0 Å². The smallest absolute Gasteiger partial charge is 0.272 e. The van der Waals surface area contributed by atoms with E-state index >= 15 is 0 Å². The van der Waals surface area contributed by atoms with Crippen LogP contribution in [0.25, 0.3) is 0 Å². The Hall–Kier alpha value is -2.91. The Morgan fingerprint density at radius 3 is 2.74 bits per heavy atom. The highest BCUT2D eigenvalue weighted by molar-refractivity contribution is 7.89. The highest BCUT2D eigenvalue weighted by Gasteiger charge is 2.20. The van der Waals surface area contributed by atoms with Crippen LogP contribution in [0.1, 0.15) is 17.5 Å². The van der Waals surface area contributed by atoms with Crippen LogP contribution in [0.5, 0.6) is 5.75 Å². The first-order chi connectivity index (χ1) is 12.8. The van der Waals surface area contributed by atoms with Crippen LogP contribution in [0.2, 0.25) is 0 Å². The highest BCUT2D eigenvalue weighted by atomic mass is 32.2. The van der Waals surface area contributed by atoms with Gasteiger partial charge in [0.2, 0.25) is 5.91 Å². The lowest BCUT2D eigenvalue weighted by Crippen LogP contribution is -2.43. The fraction of sp³-hybridized carbons (Fsp3) is 0.222. The van der Waals surface area contributed by atoms with E-state index in [2.05, 4.69) is 10.7 Å². The molecule has 2 amide bonds. The van der Waals surface area contributed by atoms with E-state index in [0.717, 1.165) is 11.1 Å². The van der Waals surface area contributed by atoms with Gasteiger partial charge in [-0.05, 0) is 48.7 Å². The summed E-state index contributed by atoms with van der Waals surface area (Å²) >= 11 is 0. The third kappa shape index (κ3) is 4.63. The molecule has 0 unspecified atom stereocenters. The van der Waals surface area contributed by atoms with Crippen molar-refractivity contribution in [1.29, 1.82) is 0 Å². The molecule has 27 heavy (non-hydrogen) atoms. The summed E-state index contributed by atoms with van der Waals surface area (Å²) < 4.78 is 30.1. The average Bonchev–Trinajstić information content (AvgIpc) is 2.65. The zero-order valence-corrected chi connectivity index (χ0v) is 15.4. The Bertz CT molecular complexity index is 988. The standard InChI is InChI=1S/C18H19N3O5S/c1-12-4-2-3-5-16(12)26-11-18(23)20-21-27(24,25)14-7-8-15-13(10-14)6-9-17(22)19-15/h2-5,7-8,10,21H,6,9,11H2,1H3,(H,19,22)(H,20,23). The van der Waals surface area contributed by atoms with Gasteiger partial charge in [-0.3, -0.25) is 15.0 Å². The Kier molecular flexibility index (Phi) is 5.43. The van der Waals surface area contributed by atoms with Crippen molar-refractivity contribution in [3.8, 4) is 5.75 Å². The minimum atomic E-state index is -3.94. The van der Waals surface area contributed by atoms with E-state index in [0.29, 0.717) is 24.3 Å². The maximum Gasteiger partial charge on any atom is 0.272 e. The van der Waals surface area contributed by atoms with E-state index in [1.165, 1.54) is 18.2 Å². The van der Waals surface area contributed by atoms with E-state index in [-0.39, 0.29) is 17.4 Å². The molecule has 0 aliphatic carbocycles. The SMILES string of the molecule is Cc1ccccc1OCC(=O)NNS(=O)(=O)c1ccc2c(c1)CCC(=O)N2. The van der Waals surface area contributed by atoms with Crippen LogP contribution in [-0.4, -0.2) is 26.8 Å². The number of benzene rings is 2. The van der Waals surface area contributed by atoms with E-state index in [1.807, 2.05) is 23.9 Å². The lowest BCUT2D eigenvalue weighted by atomic mass is 10.0. The summed E-state index contributed by atoms with van der Waals surface area (Å²) in [6, 6.07) is 11.6. The number of carbonyl (C=O) groups is 2. The van der Waals surface area contributed by atoms with Crippen LogP contribution < -0.4 is 20.3 Å². The maximum absolute atomic E-state index is 12.4. The van der Waals surface area contributed by atoms with Crippen LogP contribution in [0.3, 0.4) is 0 Å². The molecule has 3 rings (SSSR count). The third-order valence-corrected chi connectivity index (χ3v) is 5.30. The lowest BCUT2D eigenvalue weighted by molar-refractivity contribution is -0.123. The van der Waals surface area contributed by atoms with Crippen LogP contribution in [0, 0.1) is 6.92 Å². The van der Waals surface area contributed by atoms with Crippen molar-refractivity contribution in [3.63, 3.8) is 0 Å². The average molecular weight is 389 g/mol. The quantitative estimate of drug-likeness (QED) is 0.644. The number of amides is 2. The zero-order valence-electron chi connectivity index (χ0n) is 14.6. The summed E-state index contributed by atoms with van der Waals surface area (Å²) in [4.78, 5) is 25.3. The first-order valence-electron chi connectivity index (χ1n) is 8.27. The third-order valence-electron chi connectivity index (χ3n) is 4.06. The van der Waals surface area contributed by atoms with Crippen LogP contribution in [-0.2, 0) is 26.0 Å². The summed E-state index contributed by atoms with van der Waals surface area (Å²) in [7, 11) is -3.94. The van der Waals surface area contributed by atoms with Gasteiger partial charge >= 0.3 is 0 Å². The fourth-order valence-corrected chi connectivity index (χ4v) is 3.52. The first-order valence-corrected chi connectivity index (χ1v) is 9.75. The molecule has 0 atom stereocenters. The number of aryl methyl sites for hydroxylation is 2. The number of hydrogen-bond donors (Lipinski definition) is 3. The molecule has 0 fully saturated rings. The van der Waals surface area contributed by atoms with E-state index in [4.69, 9.17) is 4.74 Å². The van der Waals surface area contributed by atoms with Crippen LogP contribution in [0.4, 0.5) is 5.69 Å². The molecule has 0 bridgehead atoms. The summed E-state index contributed by atoms with van der Waals surface area (Å²) in [5.41, 5.74) is 4.32. The van der Waals surface area contributed by atoms with E-state index < -0.39 is 15.9 Å². The van der Waals surface area contributed by atoms with Gasteiger partial charge in [-0.15, -0.1) is 4.83 Å². The lowest BCUT2D eigenvalue weighted by Gasteiger charge is -2.17. The normalized spacial score (nSPS) is 13.4. The molecule has 1 aliphatic rings. The number of carbonyl (C=O) groups excluding carboxylic acids is 2. The van der Waals surface area contributed by atoms with Gasteiger partial charge in [0.1, 0.15) is 5.75 Å². The topological polar surface area (TPSA) is 114 Å². The molecular formula is C18H19N3O5S. The molecule has 2 aromatic rings. The van der Waals surface area contributed by atoms with Crippen molar-refractivity contribution < 1.29 is 22.7 Å². The number of fused-ring (bicyclic) bond motifs is 1. The molecule has 9 heteroatoms. The van der Waals surface area contributed by atoms with Crippen molar-refractivity contribution in [2.75, 3.05) is 11.9 Å². The predicted octanol–water partition coefficient (Wildman–Crippen LogP) is 1.27. The molecule has 8 nitrogen and oxygen atoms in total. The molecular weight excluding hydrogens is 370 g/mol. The molecule has 0 spiro atoms. The van der Waals surface area contributed by atoms with Gasteiger partial charge in [0.05, 0.1) is 4.90 Å². The second-order valence-electron chi connectivity index (χ2n) is 6.07. The van der Waals surface area contributed by atoms with Gasteiger partial charge < -0.3 is 10.1 Å². The van der Waals surface area contributed by atoms with Crippen molar-refractivity contribution >= 4 is 27.5 Å². The van der Waals surface area contributed by atoms with E-state index in [9.17, 15) is 18.0 Å². The molecule has 0 aromatic heterocycles. The summed E-state index contributed by atoms with van der Waals surface area (Å²) in [6.45, 7) is 1.51. The molecule has 2 aromatic carbocycles. The monoisotopic (exact) mass is 389 g/mol. The molecule has 1 heterocycles. The number of hydrogen-bond acceptors (Lipinski definition) is 5. The maximum atomic E-state index is 12.4. The van der Waals surface area contributed by atoms with Crippen molar-refractivity contribution in [2.45, 2.75) is 24.7 Å². The molecule has 1 aliphatic heterocycles. The summed E-state index contributed by atoms with van der Waals surface area (Å²) in [5.74, 6) is -0.184. The minimum absolute atomic E-state index is 0.00230. The number of rotatable bonds is 6. The Morgan fingerprint density at radius 1 is 1.19 bits per heavy atom. The highest BCUT2D eigenvalue weighted by Crippen LogP contribution is 2.25. The number of anilines is 1. The van der Waals surface area contributed by atoms with Crippen molar-refractivity contribution in [1.82, 2.24) is 10.3 Å². The molecule has 142 valence electrons. The van der Waals surface area contributed by atoms with Crippen molar-refractivity contribution in [3.05, 3.63) is 53.6 Å². The summed E-state index contributed by atoms with van der Waals surface area (Å²) in [5, 5.41) is 2.69. The number of ether oxygens (including phenoxy) is 1. The van der Waals surface area contributed by atoms with Gasteiger partial charge in [-0.1, -0.05) is 18.2 Å². The number of nitrogens with one attached hydrogen (secondary N) is 3. The molecule has 0 saturated heterocycles. The van der Waals surface area contributed by atoms with Gasteiger partial charge in [0.25, 0.3) is 15.9 Å². The molecule has 0 radical (unpaired) electrons. The number of hydrazine groups is 1.